The van der Waals surface area contributed by atoms with Crippen molar-refractivity contribution in [3.05, 3.63) is 53.6 Å². The van der Waals surface area contributed by atoms with Gasteiger partial charge in [-0.3, -0.25) is 4.79 Å². The first-order valence-electron chi connectivity index (χ1n) is 10.2. The van der Waals surface area contributed by atoms with Gasteiger partial charge in [0.05, 0.1) is 10.1 Å². The standard InChI is InChI=1S/C22H24N2O3S2/c25-22(21-15-17-6-1-2-8-20(17)28-21)24-13-5-7-16-14-18(9-10-19(16)24)29(26,27)23-11-3-4-12-23/h1-2,6,8-10,14,21H,3-5,7,11-13,15H2. The normalized spacial score (nSPS) is 21.8. The largest absolute Gasteiger partial charge is 0.311 e. The van der Waals surface area contributed by atoms with Crippen LogP contribution < -0.4 is 4.90 Å². The molecule has 1 saturated heterocycles. The van der Waals surface area contributed by atoms with Crippen LogP contribution in [-0.4, -0.2) is 43.5 Å². The molecule has 152 valence electrons. The first-order valence-corrected chi connectivity index (χ1v) is 12.5. The molecule has 1 fully saturated rings. The first kappa shape index (κ1) is 19.2. The lowest BCUT2D eigenvalue weighted by Crippen LogP contribution is -2.41. The van der Waals surface area contributed by atoms with Crippen molar-refractivity contribution in [1.82, 2.24) is 4.31 Å². The van der Waals surface area contributed by atoms with Crippen molar-refractivity contribution < 1.29 is 13.2 Å². The van der Waals surface area contributed by atoms with Gasteiger partial charge in [0.2, 0.25) is 15.9 Å². The highest BCUT2D eigenvalue weighted by Crippen LogP contribution is 2.39. The summed E-state index contributed by atoms with van der Waals surface area (Å²) in [4.78, 5) is 16.7. The van der Waals surface area contributed by atoms with E-state index in [9.17, 15) is 13.2 Å². The van der Waals surface area contributed by atoms with E-state index in [0.717, 1.165) is 43.4 Å². The molecule has 1 atom stereocenters. The first-order chi connectivity index (χ1) is 14.0. The minimum absolute atomic E-state index is 0.105. The lowest BCUT2D eigenvalue weighted by Gasteiger charge is -2.31. The minimum Gasteiger partial charge on any atom is -0.311 e. The summed E-state index contributed by atoms with van der Waals surface area (Å²) in [6.45, 7) is 1.89. The van der Waals surface area contributed by atoms with Crippen LogP contribution in [0.3, 0.4) is 0 Å². The van der Waals surface area contributed by atoms with Crippen molar-refractivity contribution in [3.8, 4) is 0 Å². The van der Waals surface area contributed by atoms with Gasteiger partial charge < -0.3 is 4.90 Å². The third-order valence-corrected chi connectivity index (χ3v) is 9.26. The third kappa shape index (κ3) is 3.39. The fourth-order valence-electron chi connectivity index (χ4n) is 4.53. The molecular formula is C22H24N2O3S2. The number of benzene rings is 2. The number of fused-ring (bicyclic) bond motifs is 2. The zero-order chi connectivity index (χ0) is 20.0. The van der Waals surface area contributed by atoms with Gasteiger partial charge in [0.15, 0.2) is 0 Å². The molecule has 5 nitrogen and oxygen atoms in total. The quantitative estimate of drug-likeness (QED) is 0.751. The molecule has 2 aromatic carbocycles. The Hall–Kier alpha value is -1.83. The molecule has 0 aliphatic carbocycles. The minimum atomic E-state index is -3.44. The summed E-state index contributed by atoms with van der Waals surface area (Å²) in [6, 6.07) is 13.5. The molecular weight excluding hydrogens is 404 g/mol. The van der Waals surface area contributed by atoms with Crippen LogP contribution in [0.1, 0.15) is 30.4 Å². The molecule has 1 unspecified atom stereocenters. The molecule has 2 aromatic rings. The Morgan fingerprint density at radius 3 is 2.55 bits per heavy atom. The van der Waals surface area contributed by atoms with E-state index in [4.69, 9.17) is 0 Å². The summed E-state index contributed by atoms with van der Waals surface area (Å²) in [5.74, 6) is 0.127. The SMILES string of the molecule is O=C(C1Cc2ccccc2S1)N1CCCc2cc(S(=O)(=O)N3CCCC3)ccc21. The van der Waals surface area contributed by atoms with Crippen molar-refractivity contribution in [1.29, 1.82) is 0 Å². The smallest absolute Gasteiger partial charge is 0.243 e. The van der Waals surface area contributed by atoms with Crippen molar-refractivity contribution in [3.63, 3.8) is 0 Å². The van der Waals surface area contributed by atoms with Gasteiger partial charge in [-0.2, -0.15) is 4.31 Å². The average molecular weight is 429 g/mol. The Kier molecular flexibility index (Phi) is 4.92. The van der Waals surface area contributed by atoms with Crippen LogP contribution in [0.15, 0.2) is 52.3 Å². The second kappa shape index (κ2) is 7.45. The average Bonchev–Trinajstić information content (AvgIpc) is 3.42. The number of sulfonamides is 1. The lowest BCUT2D eigenvalue weighted by molar-refractivity contribution is -0.118. The van der Waals surface area contributed by atoms with Crippen LogP contribution in [0, 0.1) is 0 Å². The highest BCUT2D eigenvalue weighted by Gasteiger charge is 2.34. The molecule has 1 amide bonds. The molecule has 0 spiro atoms. The van der Waals surface area contributed by atoms with E-state index in [1.165, 1.54) is 10.5 Å². The summed E-state index contributed by atoms with van der Waals surface area (Å²) < 4.78 is 27.4. The van der Waals surface area contributed by atoms with E-state index in [-0.39, 0.29) is 11.2 Å². The molecule has 0 radical (unpaired) electrons. The predicted octanol–water partition coefficient (Wildman–Crippen LogP) is 3.47. The van der Waals surface area contributed by atoms with Crippen LogP contribution >= 0.6 is 11.8 Å². The fourth-order valence-corrected chi connectivity index (χ4v) is 7.36. The lowest BCUT2D eigenvalue weighted by atomic mass is 10.0. The number of anilines is 1. The topological polar surface area (TPSA) is 57.7 Å². The summed E-state index contributed by atoms with van der Waals surface area (Å²) in [6.07, 6.45) is 4.27. The molecule has 0 saturated carbocycles. The van der Waals surface area contributed by atoms with Gasteiger partial charge in [-0.15, -0.1) is 11.8 Å². The molecule has 29 heavy (non-hydrogen) atoms. The van der Waals surface area contributed by atoms with E-state index in [0.29, 0.717) is 24.5 Å². The number of carbonyl (C=O) groups excluding carboxylic acids is 1. The molecule has 5 rings (SSSR count). The van der Waals surface area contributed by atoms with Crippen molar-refractivity contribution in [2.75, 3.05) is 24.5 Å². The van der Waals surface area contributed by atoms with Crippen LogP contribution in [0.4, 0.5) is 5.69 Å². The molecule has 0 bridgehead atoms. The van der Waals surface area contributed by atoms with E-state index < -0.39 is 10.0 Å². The van der Waals surface area contributed by atoms with E-state index >= 15 is 0 Å². The second-order valence-electron chi connectivity index (χ2n) is 7.91. The maximum absolute atomic E-state index is 13.3. The van der Waals surface area contributed by atoms with Crippen molar-refractivity contribution in [2.24, 2.45) is 0 Å². The second-order valence-corrected chi connectivity index (χ2v) is 11.1. The van der Waals surface area contributed by atoms with E-state index in [1.807, 2.05) is 23.1 Å². The molecule has 0 N–H and O–H groups in total. The van der Waals surface area contributed by atoms with E-state index in [2.05, 4.69) is 12.1 Å². The van der Waals surface area contributed by atoms with Gasteiger partial charge >= 0.3 is 0 Å². The number of carbonyl (C=O) groups is 1. The molecule has 3 aliphatic heterocycles. The maximum atomic E-state index is 13.3. The fraction of sp³-hybridized carbons (Fsp3) is 0.409. The predicted molar refractivity (Wildman–Crippen MR) is 115 cm³/mol. The zero-order valence-electron chi connectivity index (χ0n) is 16.2. The van der Waals surface area contributed by atoms with Crippen molar-refractivity contribution >= 4 is 33.4 Å². The monoisotopic (exact) mass is 428 g/mol. The van der Waals surface area contributed by atoms with Crippen LogP contribution in [0.25, 0.3) is 0 Å². The number of hydrogen-bond donors (Lipinski definition) is 0. The Balaban J connectivity index is 1.41. The summed E-state index contributed by atoms with van der Waals surface area (Å²) in [5, 5.41) is -0.105. The number of rotatable bonds is 3. The van der Waals surface area contributed by atoms with Crippen molar-refractivity contribution in [2.45, 2.75) is 47.1 Å². The van der Waals surface area contributed by atoms with Gasteiger partial charge in [0.1, 0.15) is 0 Å². The molecule has 7 heteroatoms. The highest BCUT2D eigenvalue weighted by atomic mass is 32.2. The van der Waals surface area contributed by atoms with Crippen LogP contribution in [-0.2, 0) is 27.7 Å². The Labute approximate surface area is 176 Å². The summed E-state index contributed by atoms with van der Waals surface area (Å²) >= 11 is 1.64. The highest BCUT2D eigenvalue weighted by molar-refractivity contribution is 8.01. The Morgan fingerprint density at radius 1 is 0.966 bits per heavy atom. The van der Waals surface area contributed by atoms with Gasteiger partial charge in [-0.05, 0) is 67.5 Å². The summed E-state index contributed by atoms with van der Waals surface area (Å²) in [5.41, 5.74) is 3.07. The van der Waals surface area contributed by atoms with Gasteiger partial charge in [-0.25, -0.2) is 8.42 Å². The van der Waals surface area contributed by atoms with Gasteiger partial charge in [0.25, 0.3) is 0 Å². The number of nitrogens with zero attached hydrogens (tertiary/aromatic N) is 2. The Bertz CT molecular complexity index is 1040. The molecule has 3 aliphatic rings. The zero-order valence-corrected chi connectivity index (χ0v) is 17.8. The number of aryl methyl sites for hydroxylation is 1. The molecule has 3 heterocycles. The van der Waals surface area contributed by atoms with Crippen LogP contribution in [0.5, 0.6) is 0 Å². The van der Waals surface area contributed by atoms with Crippen LogP contribution in [0.2, 0.25) is 0 Å². The Morgan fingerprint density at radius 2 is 1.76 bits per heavy atom. The number of amides is 1. The molecule has 0 aromatic heterocycles. The van der Waals surface area contributed by atoms with Gasteiger partial charge in [-0.1, -0.05) is 18.2 Å². The van der Waals surface area contributed by atoms with E-state index in [1.54, 1.807) is 28.2 Å². The van der Waals surface area contributed by atoms with Gasteiger partial charge in [0, 0.05) is 30.2 Å². The number of thioether (sulfide) groups is 1. The third-order valence-electron chi connectivity index (χ3n) is 6.06. The summed E-state index contributed by atoms with van der Waals surface area (Å²) in [7, 11) is -3.44. The maximum Gasteiger partial charge on any atom is 0.243 e. The number of hydrogen-bond acceptors (Lipinski definition) is 4.